The van der Waals surface area contributed by atoms with Crippen LogP contribution < -0.4 is 26.2 Å². The van der Waals surface area contributed by atoms with Crippen molar-refractivity contribution < 1.29 is 0 Å². The molecule has 0 amide bonds. The van der Waals surface area contributed by atoms with E-state index in [1.807, 2.05) is 24.3 Å². The molecule has 4 heterocycles. The second kappa shape index (κ2) is 30.8. The Balaban J connectivity index is 0.916. The van der Waals surface area contributed by atoms with Crippen LogP contribution in [0.1, 0.15) is 37.5 Å². The van der Waals surface area contributed by atoms with E-state index in [1.165, 1.54) is 21.5 Å². The molecular weight excluding hydrogens is 1540 g/mol. The molecule has 0 atom stereocenters. The van der Waals surface area contributed by atoms with Gasteiger partial charge < -0.3 is 18.9 Å². The van der Waals surface area contributed by atoms with E-state index >= 15 is 0 Å². The monoisotopic (exact) mass is 1620 g/mol. The maximum absolute atomic E-state index is 11.4. The molecular formula is C120H81BN6. The summed E-state index contributed by atoms with van der Waals surface area (Å²) in [6.45, 7) is 6.69. The molecule has 594 valence electrons. The molecule has 0 fully saturated rings. The lowest BCUT2D eigenvalue weighted by Gasteiger charge is -2.46. The van der Waals surface area contributed by atoms with E-state index in [0.29, 0.717) is 11.1 Å². The molecule has 23 rings (SSSR count). The summed E-state index contributed by atoms with van der Waals surface area (Å²) in [5.41, 5.74) is 37.7. The van der Waals surface area contributed by atoms with E-state index in [-0.39, 0.29) is 0 Å². The summed E-state index contributed by atoms with van der Waals surface area (Å²) >= 11 is 0. The minimum absolute atomic E-state index is 0.413. The van der Waals surface area contributed by atoms with Crippen LogP contribution in [0.25, 0.3) is 166 Å². The molecule has 6 nitrogen and oxygen atoms in total. The lowest BCUT2D eigenvalue weighted by Crippen LogP contribution is -2.61. The first kappa shape index (κ1) is 75.4. The van der Waals surface area contributed by atoms with Crippen molar-refractivity contribution in [2.75, 3.05) is 9.80 Å². The van der Waals surface area contributed by atoms with Gasteiger partial charge >= 0.3 is 0 Å². The SMILES string of the molecule is CC(C)(C)c1cc2c3c(c1)N(c1c(-c4cccc(-c5ccccc5)c4)cc(-c4ccccc4C#N)cc1-c1cccc(-c4ccccc4)c1)c1cc(-n4c5ccccc5c5ccccc54)ccc1B3c1ccc(-n3c4ccccc4c4ccccc43)cc1N2c1c(-c2cccc(-c3ccccc3)c2)cc(-c2ccccc2C#N)cc1-c1cccc(-c2ccccc2)c1. The molecule has 0 unspecified atom stereocenters. The molecule has 0 bridgehead atoms. The van der Waals surface area contributed by atoms with Crippen LogP contribution in [0.2, 0.25) is 0 Å². The standard InChI is InChI=1S/C120H81BN6/c1-120(2,3)94-72-115-117-116(73-94)127(119-105(88-48-30-44-84(66-88)80-36-12-6-13-37-80)70-93(98-51-19-17-41-91(98)77-123)71-106(119)89-49-31-45-85(67-89)81-38-14-7-15-39-81)114-75-96(125-111-58-26-22-54-101(111)102-55-23-27-59-112(102)125)61-63-108(114)121(117)107-62-60-95(124-109-56-24-20-52-99(109)100-53-21-25-57-110(100)124)74-113(107)126(115)118-103(86-46-28-42-82(64-86)78-32-8-4-9-33-78)68-92(97-50-18-16-40-90(97)76-122)69-104(118)87-47-29-43-83(65-87)79-34-10-5-11-35-79/h4-75H,1-3H3. The average molecular weight is 1620 g/mol. The highest BCUT2D eigenvalue weighted by molar-refractivity contribution is 7.00. The van der Waals surface area contributed by atoms with Crippen molar-refractivity contribution in [3.8, 4) is 135 Å². The molecule has 0 saturated heterocycles. The molecule has 0 spiro atoms. The molecule has 0 aliphatic carbocycles. The maximum Gasteiger partial charge on any atom is 0.252 e. The molecule has 0 saturated carbocycles. The average Bonchev–Trinajstić information content (AvgIpc) is 0.872. The Labute approximate surface area is 739 Å². The third-order valence-corrected chi connectivity index (χ3v) is 26.1. The van der Waals surface area contributed by atoms with Gasteiger partial charge in [0.2, 0.25) is 0 Å². The number of anilines is 6. The smallest absolute Gasteiger partial charge is 0.252 e. The van der Waals surface area contributed by atoms with Gasteiger partial charge in [0, 0.05) is 77.9 Å². The second-order valence-electron chi connectivity index (χ2n) is 34.4. The highest BCUT2D eigenvalue weighted by Crippen LogP contribution is 2.57. The van der Waals surface area contributed by atoms with Gasteiger partial charge in [-0.05, 0) is 238 Å². The van der Waals surface area contributed by atoms with Gasteiger partial charge in [-0.25, -0.2) is 0 Å². The third kappa shape index (κ3) is 12.9. The zero-order valence-corrected chi connectivity index (χ0v) is 70.3. The number of aromatic nitrogens is 2. The van der Waals surface area contributed by atoms with E-state index in [1.54, 1.807) is 0 Å². The topological polar surface area (TPSA) is 63.9 Å². The molecule has 2 aromatic heterocycles. The second-order valence-corrected chi connectivity index (χ2v) is 34.4. The summed E-state index contributed by atoms with van der Waals surface area (Å²) < 4.78 is 4.95. The van der Waals surface area contributed by atoms with Gasteiger partial charge in [0.25, 0.3) is 6.71 Å². The number of hydrogen-bond acceptors (Lipinski definition) is 4. The number of hydrogen-bond donors (Lipinski definition) is 0. The molecule has 0 N–H and O–H groups in total. The van der Waals surface area contributed by atoms with Crippen LogP contribution in [-0.4, -0.2) is 15.8 Å². The van der Waals surface area contributed by atoms with E-state index in [2.05, 4.69) is 464 Å². The lowest BCUT2D eigenvalue weighted by atomic mass is 9.33. The van der Waals surface area contributed by atoms with Crippen molar-refractivity contribution in [3.63, 3.8) is 0 Å². The van der Waals surface area contributed by atoms with Gasteiger partial charge in [0.05, 0.1) is 56.7 Å². The lowest BCUT2D eigenvalue weighted by molar-refractivity contribution is 0.590. The predicted molar refractivity (Wildman–Crippen MR) is 532 cm³/mol. The van der Waals surface area contributed by atoms with Gasteiger partial charge in [-0.15, -0.1) is 0 Å². The molecule has 127 heavy (non-hydrogen) atoms. The largest absolute Gasteiger partial charge is 0.310 e. The van der Waals surface area contributed by atoms with Crippen molar-refractivity contribution in [2.24, 2.45) is 0 Å². The number of fused-ring (bicyclic) bond motifs is 10. The first-order chi connectivity index (χ1) is 62.5. The molecule has 0 radical (unpaired) electrons. The van der Waals surface area contributed by atoms with Crippen molar-refractivity contribution in [1.29, 1.82) is 10.5 Å². The van der Waals surface area contributed by atoms with Crippen molar-refractivity contribution in [2.45, 2.75) is 26.2 Å². The normalized spacial score (nSPS) is 12.1. The van der Waals surface area contributed by atoms with Gasteiger partial charge in [-0.1, -0.05) is 336 Å². The molecule has 2 aliphatic rings. The van der Waals surface area contributed by atoms with Crippen molar-refractivity contribution in [1.82, 2.24) is 9.13 Å². The van der Waals surface area contributed by atoms with E-state index < -0.39 is 12.1 Å². The van der Waals surface area contributed by atoms with Crippen LogP contribution in [0.5, 0.6) is 0 Å². The van der Waals surface area contributed by atoms with E-state index in [0.717, 1.165) is 201 Å². The van der Waals surface area contributed by atoms with Gasteiger partial charge in [0.15, 0.2) is 0 Å². The van der Waals surface area contributed by atoms with Crippen molar-refractivity contribution >= 4 is 101 Å². The Kier molecular flexibility index (Phi) is 18.3. The molecule has 21 aromatic rings. The maximum atomic E-state index is 11.4. The minimum Gasteiger partial charge on any atom is -0.310 e. The van der Waals surface area contributed by atoms with Gasteiger partial charge in [0.1, 0.15) is 0 Å². The fourth-order valence-corrected chi connectivity index (χ4v) is 20.2. The number of nitriles is 2. The van der Waals surface area contributed by atoms with Crippen LogP contribution in [-0.2, 0) is 5.41 Å². The Morgan fingerprint density at radius 3 is 0.811 bits per heavy atom. The van der Waals surface area contributed by atoms with Crippen LogP contribution in [0.4, 0.5) is 34.1 Å². The van der Waals surface area contributed by atoms with E-state index in [4.69, 9.17) is 0 Å². The van der Waals surface area contributed by atoms with Gasteiger partial charge in [-0.2, -0.15) is 10.5 Å². The fraction of sp³-hybridized carbons (Fsp3) is 0.0333. The number of para-hydroxylation sites is 4. The number of benzene rings is 19. The zero-order chi connectivity index (χ0) is 85.0. The van der Waals surface area contributed by atoms with Crippen molar-refractivity contribution in [3.05, 3.63) is 453 Å². The first-order valence-electron chi connectivity index (χ1n) is 43.6. The highest BCUT2D eigenvalue weighted by atomic mass is 15.2. The Hall–Kier alpha value is -16.6. The van der Waals surface area contributed by atoms with Crippen LogP contribution in [0.15, 0.2) is 437 Å². The predicted octanol–water partition coefficient (Wildman–Crippen LogP) is 29.7. The fourth-order valence-electron chi connectivity index (χ4n) is 20.2. The zero-order valence-electron chi connectivity index (χ0n) is 70.3. The summed E-state index contributed by atoms with van der Waals surface area (Å²) in [6.07, 6.45) is 0. The highest BCUT2D eigenvalue weighted by Gasteiger charge is 2.47. The summed E-state index contributed by atoms with van der Waals surface area (Å²) in [5.74, 6) is 0. The van der Waals surface area contributed by atoms with Gasteiger partial charge in [-0.3, -0.25) is 0 Å². The Morgan fingerprint density at radius 2 is 0.504 bits per heavy atom. The number of rotatable bonds is 14. The van der Waals surface area contributed by atoms with E-state index in [9.17, 15) is 10.5 Å². The molecule has 2 aliphatic heterocycles. The Morgan fingerprint density at radius 1 is 0.228 bits per heavy atom. The van der Waals surface area contributed by atoms with Crippen LogP contribution in [0.3, 0.4) is 0 Å². The molecule has 19 aromatic carbocycles. The summed E-state index contributed by atoms with van der Waals surface area (Å²) in [5, 5.41) is 27.4. The number of nitrogens with zero attached hydrogens (tertiary/aromatic N) is 6. The van der Waals surface area contributed by atoms with Crippen LogP contribution in [0, 0.1) is 22.7 Å². The summed E-state index contributed by atoms with van der Waals surface area (Å²) in [6, 6.07) is 165. The minimum atomic E-state index is -0.496. The summed E-state index contributed by atoms with van der Waals surface area (Å²) in [4.78, 5) is 5.36. The summed E-state index contributed by atoms with van der Waals surface area (Å²) in [7, 11) is 0. The first-order valence-corrected chi connectivity index (χ1v) is 43.6. The third-order valence-electron chi connectivity index (χ3n) is 26.1. The Bertz CT molecular complexity index is 7320. The molecule has 7 heteroatoms. The van der Waals surface area contributed by atoms with Crippen LogP contribution >= 0.6 is 0 Å². The quantitative estimate of drug-likeness (QED) is 0.102.